The number of Topliss-reactive ketones (excluding diaryl/α,β-unsaturated/α-hetero) is 2. The third-order valence-electron chi connectivity index (χ3n) is 7.14. The average Bonchev–Trinajstić information content (AvgIpc) is 3.36. The predicted molar refractivity (Wildman–Crippen MR) is 161 cm³/mol. The first-order valence-corrected chi connectivity index (χ1v) is 13.8. The second-order valence-corrected chi connectivity index (χ2v) is 10.2. The van der Waals surface area contributed by atoms with E-state index in [1.54, 1.807) is 6.07 Å². The first kappa shape index (κ1) is 29.1. The molecule has 7 nitrogen and oxygen atoms in total. The molecule has 0 aromatic heterocycles. The molecule has 4 rings (SSSR count). The molecular weight excluding hydrogens is 500 g/mol. The number of carbonyl (C=O) groups excluding carboxylic acids is 2. The highest BCUT2D eigenvalue weighted by molar-refractivity contribution is 6.09. The first-order chi connectivity index (χ1) is 19.4. The van der Waals surface area contributed by atoms with E-state index < -0.39 is 0 Å². The van der Waals surface area contributed by atoms with Crippen LogP contribution in [0.5, 0.6) is 5.75 Å². The monoisotopic (exact) mass is 538 g/mol. The Morgan fingerprint density at radius 3 is 1.57 bits per heavy atom. The molecule has 1 aliphatic heterocycles. The molecule has 1 saturated heterocycles. The predicted octanol–water partition coefficient (Wildman–Crippen LogP) is 5.48. The summed E-state index contributed by atoms with van der Waals surface area (Å²) in [4.78, 5) is 39.0. The molecule has 7 heteroatoms. The van der Waals surface area contributed by atoms with Crippen LogP contribution in [0.25, 0.3) is 0 Å². The second kappa shape index (κ2) is 14.4. The zero-order valence-corrected chi connectivity index (χ0v) is 23.4. The molecule has 0 radical (unpaired) electrons. The van der Waals surface area contributed by atoms with E-state index in [-0.39, 0.29) is 23.5 Å². The summed E-state index contributed by atoms with van der Waals surface area (Å²) in [6.45, 7) is 8.05. The number of benzene rings is 3. The standard InChI is InChI=1S/C33H38N4O3/c1-25(23-31(39)27-11-5-3-6-12-27)34-17-19-36-21-22-37(33(36)29-15-9-10-16-30(29)38)20-18-35-26(2)24-32(40)28-13-7-4-8-14-28/h3-16,33,38H,17-24H2,1-2H3. The van der Waals surface area contributed by atoms with Crippen LogP contribution in [0.3, 0.4) is 0 Å². The molecule has 0 unspecified atom stereocenters. The minimum Gasteiger partial charge on any atom is -0.508 e. The van der Waals surface area contributed by atoms with Crippen molar-refractivity contribution in [1.82, 2.24) is 9.80 Å². The molecule has 1 fully saturated rings. The largest absolute Gasteiger partial charge is 0.508 e. The van der Waals surface area contributed by atoms with E-state index in [1.165, 1.54) is 0 Å². The van der Waals surface area contributed by atoms with Gasteiger partial charge in [-0.05, 0) is 19.9 Å². The lowest BCUT2D eigenvalue weighted by molar-refractivity contribution is 0.0992. The number of hydrogen-bond acceptors (Lipinski definition) is 7. The van der Waals surface area contributed by atoms with Gasteiger partial charge >= 0.3 is 0 Å². The van der Waals surface area contributed by atoms with Gasteiger partial charge in [-0.25, -0.2) is 0 Å². The molecule has 3 aromatic rings. The van der Waals surface area contributed by atoms with Gasteiger partial charge in [-0.15, -0.1) is 0 Å². The number of phenols is 1. The van der Waals surface area contributed by atoms with E-state index in [9.17, 15) is 14.7 Å². The summed E-state index contributed by atoms with van der Waals surface area (Å²) in [6, 6.07) is 26.1. The van der Waals surface area contributed by atoms with Crippen LogP contribution in [-0.4, -0.2) is 77.2 Å². The van der Waals surface area contributed by atoms with Gasteiger partial charge in [0.05, 0.1) is 19.3 Å². The molecule has 0 atom stereocenters. The Morgan fingerprint density at radius 2 is 1.12 bits per heavy atom. The van der Waals surface area contributed by atoms with E-state index in [4.69, 9.17) is 0 Å². The zero-order valence-electron chi connectivity index (χ0n) is 23.4. The molecule has 0 aliphatic carbocycles. The molecule has 1 aliphatic rings. The van der Waals surface area contributed by atoms with Gasteiger partial charge in [-0.2, -0.15) is 0 Å². The maximum absolute atomic E-state index is 12.5. The van der Waals surface area contributed by atoms with E-state index in [2.05, 4.69) is 19.8 Å². The molecule has 208 valence electrons. The van der Waals surface area contributed by atoms with Crippen LogP contribution in [0.2, 0.25) is 0 Å². The molecule has 1 heterocycles. The molecular formula is C33H38N4O3. The summed E-state index contributed by atoms with van der Waals surface area (Å²) in [6.07, 6.45) is 0.524. The van der Waals surface area contributed by atoms with Crippen molar-refractivity contribution in [3.63, 3.8) is 0 Å². The zero-order chi connectivity index (χ0) is 28.3. The minimum atomic E-state index is -0.0934. The Labute approximate surface area is 236 Å². The molecule has 0 bridgehead atoms. The van der Waals surface area contributed by atoms with Crippen molar-refractivity contribution in [3.05, 3.63) is 102 Å². The number of aromatic hydroxyl groups is 1. The number of carbonyl (C=O) groups is 2. The van der Waals surface area contributed by atoms with E-state index in [1.807, 2.05) is 92.7 Å². The van der Waals surface area contributed by atoms with Crippen molar-refractivity contribution in [1.29, 1.82) is 0 Å². The third-order valence-corrected chi connectivity index (χ3v) is 7.14. The van der Waals surface area contributed by atoms with Crippen LogP contribution in [0, 0.1) is 0 Å². The fourth-order valence-corrected chi connectivity index (χ4v) is 5.07. The highest BCUT2D eigenvalue weighted by Gasteiger charge is 2.34. The fourth-order valence-electron chi connectivity index (χ4n) is 5.07. The topological polar surface area (TPSA) is 85.6 Å². The second-order valence-electron chi connectivity index (χ2n) is 10.2. The van der Waals surface area contributed by atoms with Crippen LogP contribution in [-0.2, 0) is 0 Å². The molecule has 0 spiro atoms. The van der Waals surface area contributed by atoms with Crippen molar-refractivity contribution in [2.75, 3.05) is 39.3 Å². The summed E-state index contributed by atoms with van der Waals surface area (Å²) < 4.78 is 0. The first-order valence-electron chi connectivity index (χ1n) is 13.8. The average molecular weight is 539 g/mol. The van der Waals surface area contributed by atoms with Gasteiger partial charge in [0.1, 0.15) is 5.75 Å². The summed E-state index contributed by atoms with van der Waals surface area (Å²) in [5.41, 5.74) is 3.90. The van der Waals surface area contributed by atoms with Crippen molar-refractivity contribution in [2.45, 2.75) is 32.9 Å². The summed E-state index contributed by atoms with van der Waals surface area (Å²) in [5, 5.41) is 10.7. The summed E-state index contributed by atoms with van der Waals surface area (Å²) >= 11 is 0. The smallest absolute Gasteiger partial charge is 0.168 e. The SMILES string of the molecule is CC(CC(=O)c1ccccc1)=NCCN1CCN(CCN=C(C)CC(=O)c2ccccc2)C1c1ccccc1O. The third kappa shape index (κ3) is 8.04. The van der Waals surface area contributed by atoms with Gasteiger partial charge < -0.3 is 5.11 Å². The van der Waals surface area contributed by atoms with Gasteiger partial charge in [0.15, 0.2) is 11.6 Å². The Bertz CT molecular complexity index is 1260. The van der Waals surface area contributed by atoms with Gasteiger partial charge in [0.25, 0.3) is 0 Å². The van der Waals surface area contributed by atoms with Crippen molar-refractivity contribution in [3.8, 4) is 5.75 Å². The fraction of sp³-hybridized carbons (Fsp3) is 0.333. The Hall–Kier alpha value is -3.94. The number of rotatable bonds is 13. The lowest BCUT2D eigenvalue weighted by Crippen LogP contribution is -2.34. The molecule has 40 heavy (non-hydrogen) atoms. The highest BCUT2D eigenvalue weighted by atomic mass is 16.3. The Balaban J connectivity index is 1.35. The summed E-state index contributed by atoms with van der Waals surface area (Å²) in [7, 11) is 0. The van der Waals surface area contributed by atoms with Crippen LogP contribution < -0.4 is 0 Å². The number of phenolic OH excluding ortho intramolecular Hbond substituents is 1. The van der Waals surface area contributed by atoms with Crippen molar-refractivity contribution >= 4 is 23.0 Å². The van der Waals surface area contributed by atoms with Gasteiger partial charge in [-0.3, -0.25) is 29.4 Å². The Kier molecular flexibility index (Phi) is 10.5. The number of ketones is 2. The van der Waals surface area contributed by atoms with Gasteiger partial charge in [0, 0.05) is 67.1 Å². The van der Waals surface area contributed by atoms with E-state index in [0.717, 1.165) is 30.1 Å². The number of nitrogens with zero attached hydrogens (tertiary/aromatic N) is 4. The van der Waals surface area contributed by atoms with Gasteiger partial charge in [-0.1, -0.05) is 78.9 Å². The number of aliphatic imine (C=N–C) groups is 2. The lowest BCUT2D eigenvalue weighted by atomic mass is 10.1. The quantitative estimate of drug-likeness (QED) is 0.230. The minimum absolute atomic E-state index is 0.0719. The van der Waals surface area contributed by atoms with E-state index >= 15 is 0 Å². The molecule has 3 aromatic carbocycles. The van der Waals surface area contributed by atoms with Gasteiger partial charge in [0.2, 0.25) is 0 Å². The Morgan fingerprint density at radius 1 is 0.700 bits per heavy atom. The van der Waals surface area contributed by atoms with Crippen LogP contribution >= 0.6 is 0 Å². The van der Waals surface area contributed by atoms with Crippen LogP contribution in [0.1, 0.15) is 59.1 Å². The molecule has 0 amide bonds. The summed E-state index contributed by atoms with van der Waals surface area (Å²) in [5.74, 6) is 0.413. The number of hydrogen-bond donors (Lipinski definition) is 1. The van der Waals surface area contributed by atoms with Crippen LogP contribution in [0.15, 0.2) is 94.9 Å². The van der Waals surface area contributed by atoms with Crippen molar-refractivity contribution in [2.24, 2.45) is 9.98 Å². The van der Waals surface area contributed by atoms with Crippen LogP contribution in [0.4, 0.5) is 0 Å². The normalized spacial score (nSPS) is 16.8. The highest BCUT2D eigenvalue weighted by Crippen LogP contribution is 2.34. The van der Waals surface area contributed by atoms with Crippen molar-refractivity contribution < 1.29 is 14.7 Å². The molecule has 0 saturated carbocycles. The molecule has 1 N–H and O–H groups in total. The maximum atomic E-state index is 12.5. The lowest BCUT2D eigenvalue weighted by Gasteiger charge is -2.30. The maximum Gasteiger partial charge on any atom is 0.168 e. The number of para-hydroxylation sites is 1. The van der Waals surface area contributed by atoms with E-state index in [0.29, 0.717) is 50.1 Å².